The van der Waals surface area contributed by atoms with Crippen LogP contribution in [0.3, 0.4) is 0 Å². The van der Waals surface area contributed by atoms with Gasteiger partial charge in [-0.2, -0.15) is 0 Å². The number of nitrogens with two attached hydrogens (primary N) is 2. The van der Waals surface area contributed by atoms with E-state index in [1.807, 2.05) is 60.8 Å². The molecular weight excluding hydrogens is 907 g/mol. The van der Waals surface area contributed by atoms with E-state index < -0.39 is 59.0 Å². The van der Waals surface area contributed by atoms with Crippen LogP contribution in [0, 0.1) is 11.8 Å². The maximum absolute atomic E-state index is 14.1. The summed E-state index contributed by atoms with van der Waals surface area (Å²) in [5.74, 6) is -2.25. The van der Waals surface area contributed by atoms with Gasteiger partial charge in [-0.1, -0.05) is 88.4 Å². The first-order valence-corrected chi connectivity index (χ1v) is 24.6. The van der Waals surface area contributed by atoms with Gasteiger partial charge in [-0.05, 0) is 102 Å². The average molecular weight is 972 g/mol. The lowest BCUT2D eigenvalue weighted by atomic mass is 9.84. The highest BCUT2D eigenvalue weighted by molar-refractivity contribution is 5.96. The van der Waals surface area contributed by atoms with Crippen molar-refractivity contribution in [2.24, 2.45) is 23.3 Å². The molecule has 8 N–H and O–H groups in total. The normalized spacial score (nSPS) is 23.2. The molecule has 376 valence electrons. The Labute approximate surface area is 413 Å². The minimum absolute atomic E-state index is 0.153. The number of aromatic nitrogens is 1. The molecule has 71 heavy (non-hydrogen) atoms. The number of hydrogen-bond donors (Lipinski definition) is 6. The number of rotatable bonds is 15. The molecule has 4 aliphatic heterocycles. The quantitative estimate of drug-likeness (QED) is 0.0820. The van der Waals surface area contributed by atoms with Gasteiger partial charge in [0.25, 0.3) is 0 Å². The summed E-state index contributed by atoms with van der Waals surface area (Å²) in [4.78, 5) is 90.9. The van der Waals surface area contributed by atoms with E-state index in [1.165, 1.54) is 9.80 Å². The first-order valence-electron chi connectivity index (χ1n) is 24.6. The number of primary amides is 2. The third kappa shape index (κ3) is 9.56. The van der Waals surface area contributed by atoms with Crippen LogP contribution in [0.1, 0.15) is 101 Å². The molecular formula is C53H65N9O9. The van der Waals surface area contributed by atoms with Gasteiger partial charge in [0.1, 0.15) is 29.0 Å². The highest BCUT2D eigenvalue weighted by Gasteiger charge is 2.53. The van der Waals surface area contributed by atoms with Crippen molar-refractivity contribution in [2.75, 3.05) is 49.2 Å². The molecule has 4 saturated heterocycles. The molecule has 0 unspecified atom stereocenters. The zero-order chi connectivity index (χ0) is 50.8. The first kappa shape index (κ1) is 50.2. The van der Waals surface area contributed by atoms with E-state index in [1.54, 1.807) is 27.7 Å². The second-order valence-corrected chi connectivity index (χ2v) is 19.8. The second-order valence-electron chi connectivity index (χ2n) is 19.8. The van der Waals surface area contributed by atoms with Gasteiger partial charge >= 0.3 is 12.2 Å². The van der Waals surface area contributed by atoms with Crippen molar-refractivity contribution in [3.63, 3.8) is 0 Å². The second kappa shape index (κ2) is 20.6. The standard InChI is InChI=1S/C53H65N9O9/c1-32(2)44(57-50(67)68)46(63)60-25-5-23-52(60,48(54)65)38-14-7-35(8-15-38)41-20-21-42(62(41)40-18-11-34(12-19-40)37-13-22-43(56-31-37)59-27-29-71-30-28-59)36-9-16-39(17-10-36)53(49(55)66)24-6-26-61(53)47(64)45(33(3)4)58-51(69)70/h7-19,22,31-33,41-42,44-45,57-58H,5-6,20-21,23-30H2,1-4H3,(H2,54,65)(H2,55,66)(H,67,68)(H,69,70)/t41-,42-,44-,45-,52-,53-/m0/s1. The predicted molar refractivity (Wildman–Crippen MR) is 266 cm³/mol. The molecule has 6 amide bonds. The largest absolute Gasteiger partial charge is 0.465 e. The average Bonchev–Trinajstić information content (AvgIpc) is 4.14. The molecule has 6 atom stereocenters. The predicted octanol–water partition coefficient (Wildman–Crippen LogP) is 5.86. The van der Waals surface area contributed by atoms with Crippen molar-refractivity contribution in [1.29, 1.82) is 0 Å². The molecule has 0 saturated carbocycles. The Bertz CT molecular complexity index is 2480. The summed E-state index contributed by atoms with van der Waals surface area (Å²) in [6, 6.07) is 25.3. The molecule has 18 nitrogen and oxygen atoms in total. The van der Waals surface area contributed by atoms with Crippen molar-refractivity contribution >= 4 is 47.3 Å². The minimum atomic E-state index is -1.47. The number of carbonyl (C=O) groups is 6. The van der Waals surface area contributed by atoms with Crippen LogP contribution in [0.2, 0.25) is 0 Å². The summed E-state index contributed by atoms with van der Waals surface area (Å²) in [5.41, 5.74) is 15.4. The molecule has 4 fully saturated rings. The van der Waals surface area contributed by atoms with Crippen molar-refractivity contribution in [3.05, 3.63) is 113 Å². The van der Waals surface area contributed by atoms with E-state index >= 15 is 0 Å². The number of benzene rings is 3. The van der Waals surface area contributed by atoms with E-state index in [0.29, 0.717) is 37.2 Å². The third-order valence-electron chi connectivity index (χ3n) is 15.0. The van der Waals surface area contributed by atoms with E-state index in [-0.39, 0.29) is 49.9 Å². The summed E-state index contributed by atoms with van der Waals surface area (Å²) < 4.78 is 5.52. The van der Waals surface area contributed by atoms with E-state index in [0.717, 1.165) is 59.7 Å². The number of hydrogen-bond acceptors (Lipinski definition) is 10. The summed E-state index contributed by atoms with van der Waals surface area (Å²) in [6.07, 6.45) is 2.29. The Morgan fingerprint density at radius 3 is 1.44 bits per heavy atom. The van der Waals surface area contributed by atoms with Gasteiger partial charge in [0.05, 0.1) is 25.3 Å². The fourth-order valence-electron chi connectivity index (χ4n) is 11.4. The van der Waals surface area contributed by atoms with Crippen LogP contribution in [0.25, 0.3) is 11.1 Å². The maximum atomic E-state index is 14.1. The molecule has 8 rings (SSSR count). The Morgan fingerprint density at radius 1 is 0.620 bits per heavy atom. The SMILES string of the molecule is CC(C)[C@H](NC(=O)O)C(=O)N1CCC[C@@]1(C(N)=O)c1ccc([C@@H]2CC[C@@H](c3ccc([C@]4(C(N)=O)CCCN4C(=O)[C@@H](NC(=O)O)C(C)C)cc3)N2c2ccc(-c3ccc(N4CCOCC4)nc3)cc2)cc1. The van der Waals surface area contributed by atoms with Gasteiger partial charge < -0.3 is 56.7 Å². The Balaban J connectivity index is 1.13. The van der Waals surface area contributed by atoms with Gasteiger partial charge in [0, 0.05) is 43.6 Å². The minimum Gasteiger partial charge on any atom is -0.465 e. The zero-order valence-electron chi connectivity index (χ0n) is 40.8. The molecule has 0 radical (unpaired) electrons. The molecule has 1 aromatic heterocycles. The topological polar surface area (TPSA) is 254 Å². The number of nitrogens with zero attached hydrogens (tertiary/aromatic N) is 5. The Kier molecular flexibility index (Phi) is 14.6. The number of carboxylic acid groups (broad SMARTS) is 2. The van der Waals surface area contributed by atoms with E-state index in [9.17, 15) is 39.0 Å². The number of amides is 6. The fourth-order valence-corrected chi connectivity index (χ4v) is 11.4. The molecule has 4 aliphatic rings. The Hall–Kier alpha value is -7.21. The van der Waals surface area contributed by atoms with Crippen LogP contribution in [0.4, 0.5) is 21.1 Å². The van der Waals surface area contributed by atoms with Crippen molar-refractivity contribution in [2.45, 2.75) is 101 Å². The zero-order valence-corrected chi connectivity index (χ0v) is 40.8. The molecule has 4 aromatic rings. The molecule has 0 aliphatic carbocycles. The molecule has 5 heterocycles. The van der Waals surface area contributed by atoms with Crippen LogP contribution in [-0.4, -0.2) is 112 Å². The smallest absolute Gasteiger partial charge is 0.405 e. The van der Waals surface area contributed by atoms with Crippen LogP contribution in [0.5, 0.6) is 0 Å². The number of likely N-dealkylation sites (tertiary alicyclic amines) is 2. The van der Waals surface area contributed by atoms with Crippen molar-refractivity contribution in [3.8, 4) is 11.1 Å². The van der Waals surface area contributed by atoms with Crippen LogP contribution >= 0.6 is 0 Å². The van der Waals surface area contributed by atoms with Gasteiger partial charge in [0.15, 0.2) is 0 Å². The summed E-state index contributed by atoms with van der Waals surface area (Å²) >= 11 is 0. The molecule has 3 aromatic carbocycles. The van der Waals surface area contributed by atoms with Gasteiger partial charge in [-0.25, -0.2) is 14.6 Å². The van der Waals surface area contributed by atoms with Gasteiger partial charge in [-0.15, -0.1) is 0 Å². The fraction of sp³-hybridized carbons (Fsp3) is 0.453. The van der Waals surface area contributed by atoms with E-state index in [2.05, 4.69) is 50.8 Å². The van der Waals surface area contributed by atoms with Crippen molar-refractivity contribution < 1.29 is 43.7 Å². The lowest BCUT2D eigenvalue weighted by Crippen LogP contribution is -2.59. The summed E-state index contributed by atoms with van der Waals surface area (Å²) in [7, 11) is 0. The Morgan fingerprint density at radius 2 is 1.06 bits per heavy atom. The highest BCUT2D eigenvalue weighted by atomic mass is 16.5. The number of anilines is 2. The van der Waals surface area contributed by atoms with Crippen LogP contribution in [0.15, 0.2) is 91.1 Å². The maximum Gasteiger partial charge on any atom is 0.405 e. The summed E-state index contributed by atoms with van der Waals surface area (Å²) in [5, 5.41) is 23.8. The van der Waals surface area contributed by atoms with Crippen molar-refractivity contribution in [1.82, 2.24) is 25.4 Å². The van der Waals surface area contributed by atoms with E-state index in [4.69, 9.17) is 21.2 Å². The number of morpholine rings is 1. The number of nitrogens with one attached hydrogen (secondary N) is 2. The molecule has 18 heteroatoms. The molecule has 0 bridgehead atoms. The number of ether oxygens (including phenoxy) is 1. The number of carbonyl (C=O) groups excluding carboxylic acids is 4. The van der Waals surface area contributed by atoms with Crippen LogP contribution in [-0.2, 0) is 35.0 Å². The lowest BCUT2D eigenvalue weighted by Gasteiger charge is -2.39. The van der Waals surface area contributed by atoms with Gasteiger partial charge in [0.2, 0.25) is 23.6 Å². The van der Waals surface area contributed by atoms with Crippen LogP contribution < -0.4 is 31.9 Å². The summed E-state index contributed by atoms with van der Waals surface area (Å²) in [6.45, 7) is 10.4. The highest BCUT2D eigenvalue weighted by Crippen LogP contribution is 2.49. The number of pyridine rings is 1. The first-order chi connectivity index (χ1) is 34.0. The lowest BCUT2D eigenvalue weighted by molar-refractivity contribution is -0.146. The van der Waals surface area contributed by atoms with Gasteiger partial charge in [-0.3, -0.25) is 19.2 Å². The monoisotopic (exact) mass is 971 g/mol. The third-order valence-corrected chi connectivity index (χ3v) is 15.0. The molecule has 0 spiro atoms.